The van der Waals surface area contributed by atoms with Gasteiger partial charge in [-0.1, -0.05) is 133 Å². The van der Waals surface area contributed by atoms with E-state index < -0.39 is 18.3 Å². The molecule has 0 radical (unpaired) electrons. The molecule has 1 saturated heterocycles. The second kappa shape index (κ2) is 11.2. The van der Waals surface area contributed by atoms with Crippen LogP contribution in [0.2, 0.25) is 0 Å². The van der Waals surface area contributed by atoms with Crippen LogP contribution in [0.3, 0.4) is 0 Å². The minimum absolute atomic E-state index is 0.397. The lowest BCUT2D eigenvalue weighted by atomic mass is 9.77. The summed E-state index contributed by atoms with van der Waals surface area (Å²) >= 11 is 0. The van der Waals surface area contributed by atoms with E-state index >= 15 is 0 Å². The summed E-state index contributed by atoms with van der Waals surface area (Å²) in [5, 5.41) is 9.94. The van der Waals surface area contributed by atoms with Gasteiger partial charge in [0.05, 0.1) is 11.2 Å². The molecule has 0 unspecified atom stereocenters. The minimum atomic E-state index is -0.415. The molecule has 0 atom stereocenters. The van der Waals surface area contributed by atoms with Crippen molar-refractivity contribution < 1.29 is 9.31 Å². The summed E-state index contributed by atoms with van der Waals surface area (Å²) < 4.78 is 12.9. The normalized spacial score (nSPS) is 15.5. The van der Waals surface area contributed by atoms with Crippen molar-refractivity contribution in [3.05, 3.63) is 152 Å². The monoisotopic (exact) mass is 632 g/mol. The van der Waals surface area contributed by atoms with Crippen LogP contribution in [0, 0.1) is 0 Å². The maximum atomic E-state index is 6.44. The lowest BCUT2D eigenvalue weighted by molar-refractivity contribution is 0.00578. The summed E-state index contributed by atoms with van der Waals surface area (Å²) in [7, 11) is -0.415. The highest BCUT2D eigenvalue weighted by Gasteiger charge is 2.51. The van der Waals surface area contributed by atoms with Gasteiger partial charge >= 0.3 is 7.12 Å². The molecule has 0 aromatic heterocycles. The van der Waals surface area contributed by atoms with Crippen molar-refractivity contribution in [1.82, 2.24) is 0 Å². The van der Waals surface area contributed by atoms with Crippen LogP contribution < -0.4 is 5.46 Å². The Morgan fingerprint density at radius 3 is 1.43 bits per heavy atom. The van der Waals surface area contributed by atoms with Gasteiger partial charge in [-0.25, -0.2) is 0 Å². The van der Waals surface area contributed by atoms with Crippen LogP contribution in [0.4, 0.5) is 0 Å². The highest BCUT2D eigenvalue weighted by molar-refractivity contribution is 6.62. The zero-order chi connectivity index (χ0) is 33.3. The van der Waals surface area contributed by atoms with Gasteiger partial charge in [0.25, 0.3) is 0 Å². The topological polar surface area (TPSA) is 18.5 Å². The molecular weight excluding hydrogens is 595 g/mol. The second-order valence-corrected chi connectivity index (χ2v) is 14.4. The molecule has 0 aliphatic carbocycles. The Morgan fingerprint density at radius 2 is 0.837 bits per heavy atom. The van der Waals surface area contributed by atoms with E-state index in [1.165, 1.54) is 65.3 Å². The molecule has 9 rings (SSSR count). The summed E-state index contributed by atoms with van der Waals surface area (Å²) in [6.45, 7) is 8.41. The van der Waals surface area contributed by atoms with Crippen LogP contribution in [-0.2, 0) is 9.31 Å². The summed E-state index contributed by atoms with van der Waals surface area (Å²) in [6.07, 6.45) is 0. The summed E-state index contributed by atoms with van der Waals surface area (Å²) in [6, 6.07) is 55.5. The van der Waals surface area contributed by atoms with E-state index in [9.17, 15) is 0 Å². The minimum Gasteiger partial charge on any atom is -0.399 e. The van der Waals surface area contributed by atoms with E-state index in [0.717, 1.165) is 16.6 Å². The quantitative estimate of drug-likeness (QED) is 0.142. The Morgan fingerprint density at radius 1 is 0.367 bits per heavy atom. The van der Waals surface area contributed by atoms with Crippen LogP contribution in [0.25, 0.3) is 76.5 Å². The third-order valence-corrected chi connectivity index (χ3v) is 10.8. The second-order valence-electron chi connectivity index (χ2n) is 14.4. The van der Waals surface area contributed by atoms with Crippen LogP contribution in [0.1, 0.15) is 27.7 Å². The van der Waals surface area contributed by atoms with Gasteiger partial charge in [0, 0.05) is 0 Å². The molecule has 236 valence electrons. The average Bonchev–Trinajstić information content (AvgIpc) is 3.35. The van der Waals surface area contributed by atoms with Gasteiger partial charge in [-0.3, -0.25) is 0 Å². The van der Waals surface area contributed by atoms with Crippen LogP contribution in [0.15, 0.2) is 152 Å². The van der Waals surface area contributed by atoms with Gasteiger partial charge in [-0.2, -0.15) is 0 Å². The molecule has 1 heterocycles. The maximum Gasteiger partial charge on any atom is 0.494 e. The molecule has 0 saturated carbocycles. The molecule has 8 aromatic rings. The predicted molar refractivity (Wildman–Crippen MR) is 208 cm³/mol. The number of rotatable bonds is 4. The van der Waals surface area contributed by atoms with E-state index in [4.69, 9.17) is 9.31 Å². The standard InChI is InChI=1S/C46H37BO2/c1-45(2)46(3,4)49-47(48-45)38-17-11-16-34(28-38)35-24-25-41-42(29-35)44(37-23-21-31-13-6-8-15-33(31)27-37)40-19-10-9-18-39(40)43(41)36-22-20-30-12-5-7-14-32(30)26-36/h5-29H,1-4H3. The van der Waals surface area contributed by atoms with E-state index in [1.807, 2.05) is 0 Å². The zero-order valence-corrected chi connectivity index (χ0v) is 28.3. The fourth-order valence-electron chi connectivity index (χ4n) is 7.51. The van der Waals surface area contributed by atoms with Crippen LogP contribution in [-0.4, -0.2) is 18.3 Å². The third-order valence-electron chi connectivity index (χ3n) is 10.8. The molecular formula is C46H37BO2. The molecule has 0 bridgehead atoms. The molecule has 49 heavy (non-hydrogen) atoms. The first-order valence-corrected chi connectivity index (χ1v) is 17.2. The summed E-state index contributed by atoms with van der Waals surface area (Å²) in [4.78, 5) is 0. The first-order valence-electron chi connectivity index (χ1n) is 17.2. The van der Waals surface area contributed by atoms with Gasteiger partial charge in [-0.15, -0.1) is 0 Å². The SMILES string of the molecule is CC1(C)OB(c2cccc(-c3ccc4c(-c5ccc6ccccc6c5)c5ccccc5c(-c5ccc6ccccc6c5)c4c3)c2)OC1(C)C. The van der Waals surface area contributed by atoms with Crippen molar-refractivity contribution in [2.75, 3.05) is 0 Å². The summed E-state index contributed by atoms with van der Waals surface area (Å²) in [5.41, 5.74) is 7.49. The number of hydrogen-bond acceptors (Lipinski definition) is 2. The molecule has 0 spiro atoms. The number of fused-ring (bicyclic) bond motifs is 4. The highest BCUT2D eigenvalue weighted by Crippen LogP contribution is 2.46. The first kappa shape index (κ1) is 29.9. The van der Waals surface area contributed by atoms with Gasteiger partial charge in [-0.05, 0) is 128 Å². The Labute approximate surface area is 288 Å². The highest BCUT2D eigenvalue weighted by atomic mass is 16.7. The lowest BCUT2D eigenvalue weighted by Crippen LogP contribution is -2.41. The van der Waals surface area contributed by atoms with Crippen molar-refractivity contribution in [3.8, 4) is 33.4 Å². The van der Waals surface area contributed by atoms with Gasteiger partial charge in [0.2, 0.25) is 0 Å². The average molecular weight is 633 g/mol. The lowest BCUT2D eigenvalue weighted by Gasteiger charge is -2.32. The molecule has 0 N–H and O–H groups in total. The van der Waals surface area contributed by atoms with E-state index in [0.29, 0.717) is 0 Å². The van der Waals surface area contributed by atoms with Crippen molar-refractivity contribution in [2.24, 2.45) is 0 Å². The van der Waals surface area contributed by atoms with Crippen molar-refractivity contribution in [1.29, 1.82) is 0 Å². The molecule has 0 amide bonds. The maximum absolute atomic E-state index is 6.44. The van der Waals surface area contributed by atoms with E-state index in [-0.39, 0.29) is 0 Å². The number of benzene rings is 8. The van der Waals surface area contributed by atoms with Crippen LogP contribution in [0.5, 0.6) is 0 Å². The van der Waals surface area contributed by atoms with Crippen molar-refractivity contribution in [3.63, 3.8) is 0 Å². The van der Waals surface area contributed by atoms with Gasteiger partial charge in [0.1, 0.15) is 0 Å². The van der Waals surface area contributed by atoms with Crippen molar-refractivity contribution in [2.45, 2.75) is 38.9 Å². The van der Waals surface area contributed by atoms with E-state index in [2.05, 4.69) is 179 Å². The predicted octanol–water partition coefficient (Wildman–Crippen LogP) is 11.6. The zero-order valence-electron chi connectivity index (χ0n) is 28.3. The fourth-order valence-corrected chi connectivity index (χ4v) is 7.51. The smallest absolute Gasteiger partial charge is 0.399 e. The molecule has 1 fully saturated rings. The molecule has 1 aliphatic rings. The fraction of sp³-hybridized carbons (Fsp3) is 0.130. The number of hydrogen-bond donors (Lipinski definition) is 0. The molecule has 8 aromatic carbocycles. The largest absolute Gasteiger partial charge is 0.494 e. The van der Waals surface area contributed by atoms with E-state index in [1.54, 1.807) is 0 Å². The summed E-state index contributed by atoms with van der Waals surface area (Å²) in [5.74, 6) is 0. The Kier molecular flexibility index (Phi) is 6.81. The van der Waals surface area contributed by atoms with Crippen LogP contribution >= 0.6 is 0 Å². The van der Waals surface area contributed by atoms with Gasteiger partial charge in [0.15, 0.2) is 0 Å². The Hall–Kier alpha value is -5.22. The van der Waals surface area contributed by atoms with Gasteiger partial charge < -0.3 is 9.31 Å². The first-order chi connectivity index (χ1) is 23.8. The van der Waals surface area contributed by atoms with Crippen molar-refractivity contribution >= 4 is 55.7 Å². The third kappa shape index (κ3) is 4.96. The molecule has 2 nitrogen and oxygen atoms in total. The molecule has 3 heteroatoms. The Bertz CT molecular complexity index is 2560. The molecule has 1 aliphatic heterocycles. The Balaban J connectivity index is 1.30.